The van der Waals surface area contributed by atoms with Gasteiger partial charge in [-0.1, -0.05) is 29.8 Å². The first-order valence-corrected chi connectivity index (χ1v) is 10.2. The summed E-state index contributed by atoms with van der Waals surface area (Å²) in [4.78, 5) is 14.4. The predicted molar refractivity (Wildman–Crippen MR) is 102 cm³/mol. The second-order valence-corrected chi connectivity index (χ2v) is 8.25. The number of carbonyl (C=O) groups excluding carboxylic acids is 1. The average molecular weight is 375 g/mol. The van der Waals surface area contributed by atoms with E-state index in [9.17, 15) is 13.2 Å². The second kappa shape index (κ2) is 8.85. The molecular weight excluding hydrogens is 350 g/mol. The fourth-order valence-corrected chi connectivity index (χ4v) is 3.80. The molecule has 0 saturated carbocycles. The average Bonchev–Trinajstić information content (AvgIpc) is 2.65. The minimum absolute atomic E-state index is 0.0276. The first-order valence-electron chi connectivity index (χ1n) is 8.56. The Balaban J connectivity index is 1.98. The van der Waals surface area contributed by atoms with Gasteiger partial charge < -0.3 is 9.64 Å². The molecule has 1 amide bonds. The van der Waals surface area contributed by atoms with Crippen molar-refractivity contribution in [2.75, 3.05) is 19.4 Å². The van der Waals surface area contributed by atoms with Crippen LogP contribution in [0.25, 0.3) is 0 Å². The molecule has 2 rings (SSSR count). The van der Waals surface area contributed by atoms with E-state index in [0.29, 0.717) is 13.1 Å². The van der Waals surface area contributed by atoms with E-state index in [1.54, 1.807) is 36.3 Å². The second-order valence-electron chi connectivity index (χ2n) is 6.14. The van der Waals surface area contributed by atoms with Crippen molar-refractivity contribution in [2.24, 2.45) is 0 Å². The third-order valence-corrected chi connectivity index (χ3v) is 5.96. The summed E-state index contributed by atoms with van der Waals surface area (Å²) in [7, 11) is -1.86. The van der Waals surface area contributed by atoms with E-state index in [-0.39, 0.29) is 23.0 Å². The molecule has 0 fully saturated rings. The third kappa shape index (κ3) is 5.33. The van der Waals surface area contributed by atoms with Gasteiger partial charge >= 0.3 is 0 Å². The maximum atomic E-state index is 12.5. The molecule has 0 aliphatic rings. The zero-order valence-corrected chi connectivity index (χ0v) is 16.3. The Morgan fingerprint density at radius 1 is 1.04 bits per heavy atom. The van der Waals surface area contributed by atoms with Crippen LogP contribution in [0.1, 0.15) is 24.5 Å². The van der Waals surface area contributed by atoms with Gasteiger partial charge in [0.25, 0.3) is 0 Å². The van der Waals surface area contributed by atoms with Crippen molar-refractivity contribution in [3.05, 3.63) is 59.7 Å². The maximum absolute atomic E-state index is 12.5. The standard InChI is InChI=1S/C20H25NO4S/c1-4-21(15-17-7-9-18(25-3)10-8-17)20(22)13-14-26(23,24)19-11-5-16(2)6-12-19/h5-12H,4,13-15H2,1-3H3. The van der Waals surface area contributed by atoms with Crippen molar-refractivity contribution in [1.82, 2.24) is 4.90 Å². The number of sulfone groups is 1. The number of ether oxygens (including phenoxy) is 1. The van der Waals surface area contributed by atoms with Gasteiger partial charge in [0.1, 0.15) is 5.75 Å². The van der Waals surface area contributed by atoms with Gasteiger partial charge in [0, 0.05) is 19.5 Å². The first kappa shape index (κ1) is 20.0. The Labute approximate surface area is 155 Å². The fourth-order valence-electron chi connectivity index (χ4n) is 2.57. The van der Waals surface area contributed by atoms with Gasteiger partial charge in [0.05, 0.1) is 17.8 Å². The van der Waals surface area contributed by atoms with Crippen LogP contribution in [-0.4, -0.2) is 38.6 Å². The van der Waals surface area contributed by atoms with Gasteiger partial charge in [-0.25, -0.2) is 8.42 Å². The van der Waals surface area contributed by atoms with Crippen LogP contribution in [0.15, 0.2) is 53.4 Å². The molecule has 2 aromatic carbocycles. The molecule has 0 aliphatic heterocycles. The number of amides is 1. The number of hydrogen-bond acceptors (Lipinski definition) is 4. The van der Waals surface area contributed by atoms with E-state index in [1.165, 1.54) is 0 Å². The highest BCUT2D eigenvalue weighted by atomic mass is 32.2. The third-order valence-electron chi connectivity index (χ3n) is 4.23. The highest BCUT2D eigenvalue weighted by Gasteiger charge is 2.19. The molecule has 140 valence electrons. The maximum Gasteiger partial charge on any atom is 0.223 e. The van der Waals surface area contributed by atoms with Crippen molar-refractivity contribution in [3.63, 3.8) is 0 Å². The monoisotopic (exact) mass is 375 g/mol. The van der Waals surface area contributed by atoms with Crippen LogP contribution in [0, 0.1) is 6.92 Å². The van der Waals surface area contributed by atoms with Crippen LogP contribution in [-0.2, 0) is 21.2 Å². The number of carbonyl (C=O) groups is 1. The Kier molecular flexibility index (Phi) is 6.80. The van der Waals surface area contributed by atoms with E-state index in [4.69, 9.17) is 4.74 Å². The van der Waals surface area contributed by atoms with Crippen LogP contribution in [0.4, 0.5) is 0 Å². The molecule has 0 aromatic heterocycles. The highest BCUT2D eigenvalue weighted by Crippen LogP contribution is 2.16. The van der Waals surface area contributed by atoms with Crippen LogP contribution in [0.3, 0.4) is 0 Å². The van der Waals surface area contributed by atoms with Gasteiger partial charge in [0.2, 0.25) is 5.91 Å². The van der Waals surface area contributed by atoms with Crippen molar-refractivity contribution in [2.45, 2.75) is 31.7 Å². The molecule has 0 bridgehead atoms. The van der Waals surface area contributed by atoms with E-state index in [0.717, 1.165) is 16.9 Å². The van der Waals surface area contributed by atoms with Crippen molar-refractivity contribution in [3.8, 4) is 5.75 Å². The first-order chi connectivity index (χ1) is 12.4. The van der Waals surface area contributed by atoms with Gasteiger partial charge in [-0.2, -0.15) is 0 Å². The summed E-state index contributed by atoms with van der Waals surface area (Å²) in [6.07, 6.45) is -0.0276. The topological polar surface area (TPSA) is 63.7 Å². The zero-order valence-electron chi connectivity index (χ0n) is 15.4. The van der Waals surface area contributed by atoms with Crippen molar-refractivity contribution < 1.29 is 17.9 Å². The minimum Gasteiger partial charge on any atom is -0.497 e. The molecule has 6 heteroatoms. The van der Waals surface area contributed by atoms with Gasteiger partial charge in [0.15, 0.2) is 9.84 Å². The summed E-state index contributed by atoms with van der Waals surface area (Å²) >= 11 is 0. The fraction of sp³-hybridized carbons (Fsp3) is 0.350. The van der Waals surface area contributed by atoms with Crippen LogP contribution in [0.5, 0.6) is 5.75 Å². The summed E-state index contributed by atoms with van der Waals surface area (Å²) < 4.78 is 29.9. The lowest BCUT2D eigenvalue weighted by Gasteiger charge is -2.21. The smallest absolute Gasteiger partial charge is 0.223 e. The van der Waals surface area contributed by atoms with Crippen LogP contribution in [0.2, 0.25) is 0 Å². The largest absolute Gasteiger partial charge is 0.497 e. The lowest BCUT2D eigenvalue weighted by atomic mass is 10.2. The van der Waals surface area contributed by atoms with Gasteiger partial charge in [-0.15, -0.1) is 0 Å². The predicted octanol–water partition coefficient (Wildman–Crippen LogP) is 3.22. The lowest BCUT2D eigenvalue weighted by molar-refractivity contribution is -0.131. The highest BCUT2D eigenvalue weighted by molar-refractivity contribution is 7.91. The summed E-state index contributed by atoms with van der Waals surface area (Å²) in [5.41, 5.74) is 1.97. The normalized spacial score (nSPS) is 11.2. The Hall–Kier alpha value is -2.34. The Morgan fingerprint density at radius 3 is 2.19 bits per heavy atom. The molecule has 5 nitrogen and oxygen atoms in total. The quantitative estimate of drug-likeness (QED) is 0.711. The molecule has 0 N–H and O–H groups in total. The summed E-state index contributed by atoms with van der Waals surface area (Å²) in [6, 6.07) is 14.2. The molecule has 0 aliphatic carbocycles. The van der Waals surface area contributed by atoms with Crippen LogP contribution >= 0.6 is 0 Å². The summed E-state index contributed by atoms with van der Waals surface area (Å²) in [5, 5.41) is 0. The van der Waals surface area contributed by atoms with Crippen molar-refractivity contribution in [1.29, 1.82) is 0 Å². The van der Waals surface area contributed by atoms with Crippen LogP contribution < -0.4 is 4.74 Å². The molecule has 0 radical (unpaired) electrons. The summed E-state index contributed by atoms with van der Waals surface area (Å²) in [5.74, 6) is 0.403. The molecule has 26 heavy (non-hydrogen) atoms. The number of rotatable bonds is 8. The Bertz CT molecular complexity index is 827. The van der Waals surface area contributed by atoms with E-state index in [2.05, 4.69) is 0 Å². The van der Waals surface area contributed by atoms with E-state index < -0.39 is 9.84 Å². The number of methoxy groups -OCH3 is 1. The Morgan fingerprint density at radius 2 is 1.65 bits per heavy atom. The zero-order chi connectivity index (χ0) is 19.2. The molecule has 2 aromatic rings. The van der Waals surface area contributed by atoms with Gasteiger partial charge in [-0.3, -0.25) is 4.79 Å². The molecular formula is C20H25NO4S. The summed E-state index contributed by atoms with van der Waals surface area (Å²) in [6.45, 7) is 4.76. The molecule has 0 saturated heterocycles. The molecule has 0 atom stereocenters. The number of hydrogen-bond donors (Lipinski definition) is 0. The minimum atomic E-state index is -3.46. The lowest BCUT2D eigenvalue weighted by Crippen LogP contribution is -2.31. The number of nitrogens with zero attached hydrogens (tertiary/aromatic N) is 1. The molecule has 0 spiro atoms. The SMILES string of the molecule is CCN(Cc1ccc(OC)cc1)C(=O)CCS(=O)(=O)c1ccc(C)cc1. The number of aryl methyl sites for hydroxylation is 1. The van der Waals surface area contributed by atoms with Crippen molar-refractivity contribution >= 4 is 15.7 Å². The number of benzene rings is 2. The van der Waals surface area contributed by atoms with E-state index in [1.807, 2.05) is 38.1 Å². The van der Waals surface area contributed by atoms with E-state index >= 15 is 0 Å². The molecule has 0 unspecified atom stereocenters. The molecule has 0 heterocycles. The van der Waals surface area contributed by atoms with Gasteiger partial charge in [-0.05, 0) is 43.7 Å².